The number of carbonyl (C=O) groups excluding carboxylic acids is 1. The minimum absolute atomic E-state index is 0.268. The average molecular weight is 574 g/mol. The number of amides is 1. The van der Waals surface area contributed by atoms with E-state index in [0.29, 0.717) is 68.9 Å². The van der Waals surface area contributed by atoms with Gasteiger partial charge in [0.2, 0.25) is 5.91 Å². The van der Waals surface area contributed by atoms with Crippen LogP contribution in [-0.4, -0.2) is 56.2 Å². The fourth-order valence-corrected chi connectivity index (χ4v) is 4.34. The van der Waals surface area contributed by atoms with Crippen LogP contribution < -0.4 is 25.4 Å². The Labute approximate surface area is 245 Å². The minimum Gasteiger partial charge on any atom is -0.492 e. The normalized spacial score (nSPS) is 12.8. The van der Waals surface area contributed by atoms with Crippen LogP contribution in [0.2, 0.25) is 5.02 Å². The zero-order chi connectivity index (χ0) is 29.4. The van der Waals surface area contributed by atoms with Gasteiger partial charge in [-0.2, -0.15) is 5.26 Å². The fraction of sp³-hybridized carbons (Fsp3) is 0.258. The van der Waals surface area contributed by atoms with E-state index >= 15 is 0 Å². The van der Waals surface area contributed by atoms with Gasteiger partial charge in [-0.15, -0.1) is 0 Å². The molecule has 0 saturated heterocycles. The third-order valence-electron chi connectivity index (χ3n) is 6.06. The second-order valence-corrected chi connectivity index (χ2v) is 10.8. The second kappa shape index (κ2) is 13.2. The van der Waals surface area contributed by atoms with Crippen LogP contribution in [-0.2, 0) is 11.4 Å². The van der Waals surface area contributed by atoms with Gasteiger partial charge in [-0.25, -0.2) is 0 Å². The van der Waals surface area contributed by atoms with Crippen LogP contribution in [0.1, 0.15) is 18.2 Å². The van der Waals surface area contributed by atoms with Gasteiger partial charge in [-0.1, -0.05) is 17.7 Å². The number of hydrogen-bond donors (Lipinski definition) is 3. The number of pyridine rings is 1. The van der Waals surface area contributed by atoms with E-state index in [1.54, 1.807) is 18.3 Å². The number of ether oxygens (including phenoxy) is 2. The van der Waals surface area contributed by atoms with E-state index in [1.807, 2.05) is 49.4 Å². The van der Waals surface area contributed by atoms with Gasteiger partial charge < -0.3 is 29.9 Å². The van der Waals surface area contributed by atoms with Crippen molar-refractivity contribution in [3.8, 4) is 17.6 Å². The Morgan fingerprint density at radius 2 is 2.00 bits per heavy atom. The zero-order valence-electron chi connectivity index (χ0n) is 23.6. The van der Waals surface area contributed by atoms with Crippen molar-refractivity contribution < 1.29 is 18.8 Å². The summed E-state index contributed by atoms with van der Waals surface area (Å²) in [5.41, 5.74) is 4.58. The Morgan fingerprint density at radius 1 is 1.17 bits per heavy atom. The van der Waals surface area contributed by atoms with E-state index < -0.39 is 0 Å². The van der Waals surface area contributed by atoms with Crippen LogP contribution in [0.3, 0.4) is 0 Å². The number of hydrogen-bond acceptors (Lipinski definition) is 7. The lowest BCUT2D eigenvalue weighted by atomic mass is 9.99. The number of nitrogens with zero attached hydrogens (tertiary/aromatic N) is 3. The van der Waals surface area contributed by atoms with Crippen molar-refractivity contribution in [2.45, 2.75) is 13.5 Å². The number of benzene rings is 2. The minimum atomic E-state index is -0.268. The zero-order valence-corrected chi connectivity index (χ0v) is 24.4. The maximum Gasteiger partial charge on any atom is 0.248 e. The molecule has 41 heavy (non-hydrogen) atoms. The SMILES string of the molecule is CCOc1cc2c(cc1NC(=O)/C=C/C[N+](C)(C)C)C(Nc1ccc(OCc3ccccn3)c(Cl)c1)=C(C#N)CN2. The van der Waals surface area contributed by atoms with Crippen molar-refractivity contribution in [3.63, 3.8) is 0 Å². The van der Waals surface area contributed by atoms with Crippen molar-refractivity contribution in [3.05, 3.63) is 88.7 Å². The van der Waals surface area contributed by atoms with Crippen molar-refractivity contribution >= 4 is 40.3 Å². The lowest BCUT2D eigenvalue weighted by Gasteiger charge is -2.25. The molecule has 1 aliphatic rings. The third-order valence-corrected chi connectivity index (χ3v) is 6.36. The topological polar surface area (TPSA) is 108 Å². The molecule has 4 rings (SSSR count). The molecule has 2 heterocycles. The summed E-state index contributed by atoms with van der Waals surface area (Å²) < 4.78 is 12.4. The molecule has 0 bridgehead atoms. The standard InChI is InChI=1S/C31H33ClN6O3/c1-5-40-29-17-26-24(16-27(29)37-30(39)10-8-14-38(2,3)4)31(21(18-33)19-35-26)36-22-11-12-28(25(32)15-22)41-20-23-9-6-7-13-34-23/h6-13,15-17,35-36H,5,14,19-20H2,1-4H3/p+1/b10-8+. The lowest BCUT2D eigenvalue weighted by Crippen LogP contribution is -2.34. The summed E-state index contributed by atoms with van der Waals surface area (Å²) in [6, 6.07) is 16.9. The molecule has 0 spiro atoms. The summed E-state index contributed by atoms with van der Waals surface area (Å²) in [5, 5.41) is 19.9. The molecule has 0 atom stereocenters. The maximum absolute atomic E-state index is 12.7. The van der Waals surface area contributed by atoms with Gasteiger partial charge >= 0.3 is 0 Å². The number of nitriles is 1. The number of quaternary nitrogens is 1. The molecule has 0 unspecified atom stereocenters. The van der Waals surface area contributed by atoms with Crippen molar-refractivity contribution in [2.24, 2.45) is 0 Å². The number of anilines is 3. The Morgan fingerprint density at radius 3 is 2.68 bits per heavy atom. The molecule has 2 aromatic carbocycles. The fourth-order valence-electron chi connectivity index (χ4n) is 4.10. The van der Waals surface area contributed by atoms with E-state index in [9.17, 15) is 10.1 Å². The van der Waals surface area contributed by atoms with Crippen molar-refractivity contribution in [1.29, 1.82) is 5.26 Å². The van der Waals surface area contributed by atoms with Crippen LogP contribution in [0.25, 0.3) is 5.70 Å². The molecule has 3 N–H and O–H groups in total. The highest BCUT2D eigenvalue weighted by molar-refractivity contribution is 6.32. The number of halogens is 1. The molecule has 1 aromatic heterocycles. The molecule has 0 fully saturated rings. The van der Waals surface area contributed by atoms with Crippen molar-refractivity contribution in [1.82, 2.24) is 4.98 Å². The van der Waals surface area contributed by atoms with Crippen LogP contribution in [0.15, 0.2) is 72.5 Å². The molecule has 0 radical (unpaired) electrons. The Kier molecular flexibility index (Phi) is 9.50. The summed E-state index contributed by atoms with van der Waals surface area (Å²) in [4.78, 5) is 17.0. The molecule has 3 aromatic rings. The van der Waals surface area contributed by atoms with E-state index in [2.05, 4.69) is 48.1 Å². The number of likely N-dealkylation sites (N-methyl/N-ethyl adjacent to an activating group) is 1. The Hall–Kier alpha value is -4.52. The molecule has 1 aliphatic heterocycles. The van der Waals surface area contributed by atoms with E-state index in [-0.39, 0.29) is 12.5 Å². The number of rotatable bonds is 11. The largest absolute Gasteiger partial charge is 0.492 e. The molecular formula is C31H34ClN6O3+. The number of fused-ring (bicyclic) bond motifs is 1. The van der Waals surface area contributed by atoms with Gasteiger partial charge in [0, 0.05) is 35.3 Å². The van der Waals surface area contributed by atoms with E-state index in [1.165, 1.54) is 6.08 Å². The molecular weight excluding hydrogens is 540 g/mol. The van der Waals surface area contributed by atoms with Gasteiger partial charge in [0.15, 0.2) is 0 Å². The highest BCUT2D eigenvalue weighted by Gasteiger charge is 2.23. The van der Waals surface area contributed by atoms with Crippen LogP contribution in [0, 0.1) is 11.3 Å². The quantitative estimate of drug-likeness (QED) is 0.200. The first-order valence-electron chi connectivity index (χ1n) is 13.2. The van der Waals surface area contributed by atoms with Gasteiger partial charge in [-0.3, -0.25) is 9.78 Å². The van der Waals surface area contributed by atoms with Crippen LogP contribution in [0.4, 0.5) is 17.1 Å². The summed E-state index contributed by atoms with van der Waals surface area (Å²) in [6.45, 7) is 3.63. The first-order valence-corrected chi connectivity index (χ1v) is 13.6. The second-order valence-electron chi connectivity index (χ2n) is 10.4. The molecule has 10 heteroatoms. The average Bonchev–Trinajstić information content (AvgIpc) is 2.93. The molecule has 0 saturated carbocycles. The molecule has 212 valence electrons. The summed E-state index contributed by atoms with van der Waals surface area (Å²) in [7, 11) is 6.15. The van der Waals surface area contributed by atoms with E-state index in [4.69, 9.17) is 21.1 Å². The number of carbonyl (C=O) groups is 1. The lowest BCUT2D eigenvalue weighted by molar-refractivity contribution is -0.864. The number of aromatic nitrogens is 1. The molecule has 9 nitrogen and oxygen atoms in total. The van der Waals surface area contributed by atoms with Gasteiger partial charge in [0.25, 0.3) is 0 Å². The highest BCUT2D eigenvalue weighted by Crippen LogP contribution is 2.40. The first-order chi connectivity index (χ1) is 19.7. The van der Waals surface area contributed by atoms with Crippen LogP contribution >= 0.6 is 11.6 Å². The maximum atomic E-state index is 12.7. The predicted molar refractivity (Wildman–Crippen MR) is 163 cm³/mol. The van der Waals surface area contributed by atoms with Gasteiger partial charge in [0.05, 0.1) is 74.6 Å². The molecule has 1 amide bonds. The van der Waals surface area contributed by atoms with Crippen molar-refractivity contribution in [2.75, 3.05) is 56.8 Å². The van der Waals surface area contributed by atoms with Gasteiger partial charge in [-0.05, 0) is 49.4 Å². The van der Waals surface area contributed by atoms with Gasteiger partial charge in [0.1, 0.15) is 18.1 Å². The number of nitrogens with one attached hydrogen (secondary N) is 3. The van der Waals surface area contributed by atoms with E-state index in [0.717, 1.165) is 11.4 Å². The first kappa shape index (κ1) is 29.5. The highest BCUT2D eigenvalue weighted by atomic mass is 35.5. The summed E-state index contributed by atoms with van der Waals surface area (Å²) >= 11 is 6.54. The Bertz CT molecular complexity index is 1510. The smallest absolute Gasteiger partial charge is 0.248 e. The summed E-state index contributed by atoms with van der Waals surface area (Å²) in [6.07, 6.45) is 5.07. The monoisotopic (exact) mass is 573 g/mol. The summed E-state index contributed by atoms with van der Waals surface area (Å²) in [5.74, 6) is 0.784. The van der Waals surface area contributed by atoms with Crippen LogP contribution in [0.5, 0.6) is 11.5 Å². The predicted octanol–water partition coefficient (Wildman–Crippen LogP) is 5.69. The third kappa shape index (κ3) is 8.01. The molecule has 0 aliphatic carbocycles. The Balaban J connectivity index is 1.59.